The monoisotopic (exact) mass is 295 g/mol. The molecule has 1 N–H and O–H groups in total. The largest absolute Gasteiger partial charge is 0.463 e. The predicted molar refractivity (Wildman–Crippen MR) is 71.4 cm³/mol. The van der Waals surface area contributed by atoms with Gasteiger partial charge in [0.25, 0.3) is 5.60 Å². The van der Waals surface area contributed by atoms with Crippen LogP contribution in [0.2, 0.25) is 0 Å². The second-order valence-corrected chi connectivity index (χ2v) is 4.14. The summed E-state index contributed by atoms with van der Waals surface area (Å²) in [5, 5.41) is 10.3. The molecule has 0 aliphatic carbocycles. The van der Waals surface area contributed by atoms with Gasteiger partial charge >= 0.3 is 11.9 Å². The van der Waals surface area contributed by atoms with Crippen molar-refractivity contribution in [1.29, 1.82) is 0 Å². The molecule has 0 saturated carbocycles. The molecule has 0 aromatic carbocycles. The maximum Gasteiger partial charge on any atom is 0.350 e. The van der Waals surface area contributed by atoms with E-state index in [9.17, 15) is 19.5 Å². The first-order valence-corrected chi connectivity index (χ1v) is 6.45. The van der Waals surface area contributed by atoms with Crippen LogP contribution in [-0.4, -0.2) is 46.6 Å². The van der Waals surface area contributed by atoms with Gasteiger partial charge in [-0.05, 0) is 26.0 Å². The molecule has 0 bridgehead atoms. The maximum atomic E-state index is 12.1. The Bertz CT molecular complexity index is 495. The van der Waals surface area contributed by atoms with E-state index in [0.717, 1.165) is 0 Å². The molecule has 114 valence electrons. The molecule has 1 heterocycles. The number of hydrogen-bond acceptors (Lipinski definition) is 7. The van der Waals surface area contributed by atoms with Crippen LogP contribution in [0.5, 0.6) is 0 Å². The Balaban J connectivity index is 2.99. The van der Waals surface area contributed by atoms with Crippen molar-refractivity contribution in [3.05, 3.63) is 30.1 Å². The van der Waals surface area contributed by atoms with Gasteiger partial charge in [-0.3, -0.25) is 9.78 Å². The number of esters is 2. The highest BCUT2D eigenvalue weighted by Crippen LogP contribution is 2.19. The molecule has 21 heavy (non-hydrogen) atoms. The quantitative estimate of drug-likeness (QED) is 0.444. The summed E-state index contributed by atoms with van der Waals surface area (Å²) in [6, 6.07) is 2.99. The molecular formula is C14H17NO6. The first-order valence-electron chi connectivity index (χ1n) is 6.45. The lowest BCUT2D eigenvalue weighted by Crippen LogP contribution is -2.50. The first-order chi connectivity index (χ1) is 9.95. The van der Waals surface area contributed by atoms with E-state index in [1.807, 2.05) is 0 Å². The smallest absolute Gasteiger partial charge is 0.350 e. The fourth-order valence-corrected chi connectivity index (χ4v) is 1.59. The van der Waals surface area contributed by atoms with E-state index < -0.39 is 29.7 Å². The van der Waals surface area contributed by atoms with Gasteiger partial charge in [0.1, 0.15) is 0 Å². The summed E-state index contributed by atoms with van der Waals surface area (Å²) in [5.74, 6) is -3.03. The minimum Gasteiger partial charge on any atom is -0.463 e. The second kappa shape index (κ2) is 7.49. The Morgan fingerprint density at radius 2 is 1.76 bits per heavy atom. The van der Waals surface area contributed by atoms with Gasteiger partial charge in [0.2, 0.25) is 0 Å². The van der Waals surface area contributed by atoms with Crippen molar-refractivity contribution in [2.24, 2.45) is 0 Å². The highest BCUT2D eigenvalue weighted by atomic mass is 16.6. The van der Waals surface area contributed by atoms with E-state index in [-0.39, 0.29) is 18.8 Å². The summed E-state index contributed by atoms with van der Waals surface area (Å²) in [6.07, 6.45) is 1.98. The van der Waals surface area contributed by atoms with Gasteiger partial charge in [0, 0.05) is 18.0 Å². The summed E-state index contributed by atoms with van der Waals surface area (Å²) >= 11 is 0. The summed E-state index contributed by atoms with van der Waals surface area (Å²) in [7, 11) is 0. The Labute approximate surface area is 121 Å². The Kier molecular flexibility index (Phi) is 5.98. The Hall–Kier alpha value is -2.28. The van der Waals surface area contributed by atoms with Crippen molar-refractivity contribution in [3.8, 4) is 0 Å². The van der Waals surface area contributed by atoms with Gasteiger partial charge in [0.15, 0.2) is 5.78 Å². The Morgan fingerprint density at radius 1 is 1.19 bits per heavy atom. The average molecular weight is 295 g/mol. The van der Waals surface area contributed by atoms with Crippen LogP contribution in [0.25, 0.3) is 0 Å². The number of ether oxygens (including phenoxy) is 2. The molecule has 0 aliphatic rings. The van der Waals surface area contributed by atoms with Crippen molar-refractivity contribution in [2.45, 2.75) is 25.9 Å². The van der Waals surface area contributed by atoms with Gasteiger partial charge in [-0.15, -0.1) is 0 Å². The summed E-state index contributed by atoms with van der Waals surface area (Å²) in [5.41, 5.74) is -2.48. The van der Waals surface area contributed by atoms with Gasteiger partial charge in [-0.1, -0.05) is 0 Å². The van der Waals surface area contributed by atoms with Crippen LogP contribution >= 0.6 is 0 Å². The van der Waals surface area contributed by atoms with Crippen LogP contribution in [0, 0.1) is 0 Å². The van der Waals surface area contributed by atoms with Crippen molar-refractivity contribution in [1.82, 2.24) is 4.98 Å². The van der Waals surface area contributed by atoms with Gasteiger partial charge in [-0.25, -0.2) is 9.59 Å². The van der Waals surface area contributed by atoms with E-state index in [1.165, 1.54) is 38.4 Å². The van der Waals surface area contributed by atoms with E-state index in [4.69, 9.17) is 0 Å². The van der Waals surface area contributed by atoms with E-state index in [0.29, 0.717) is 0 Å². The summed E-state index contributed by atoms with van der Waals surface area (Å²) in [6.45, 7) is 2.96. The average Bonchev–Trinajstić information content (AvgIpc) is 2.48. The number of aromatic nitrogens is 1. The van der Waals surface area contributed by atoms with Gasteiger partial charge in [-0.2, -0.15) is 0 Å². The summed E-state index contributed by atoms with van der Waals surface area (Å²) < 4.78 is 9.31. The number of carbonyl (C=O) groups excluding carboxylic acids is 3. The highest BCUT2D eigenvalue weighted by molar-refractivity contribution is 6.09. The zero-order chi connectivity index (χ0) is 15.9. The molecule has 1 rings (SSSR count). The van der Waals surface area contributed by atoms with Crippen molar-refractivity contribution < 1.29 is 29.0 Å². The standard InChI is InChI=1S/C14H17NO6/c1-3-20-12(17)14(19,13(18)21-4-2)8-11(16)10-6-5-7-15-9-10/h5-7,9,19H,3-4,8H2,1-2H3. The zero-order valence-corrected chi connectivity index (χ0v) is 11.9. The third-order valence-electron chi connectivity index (χ3n) is 2.63. The third-order valence-corrected chi connectivity index (χ3v) is 2.63. The molecule has 1 aromatic heterocycles. The van der Waals surface area contributed by atoms with Crippen LogP contribution in [0.4, 0.5) is 0 Å². The molecule has 0 saturated heterocycles. The van der Waals surface area contributed by atoms with E-state index in [2.05, 4.69) is 14.5 Å². The Morgan fingerprint density at radius 3 is 2.19 bits per heavy atom. The number of hydrogen-bond donors (Lipinski definition) is 1. The predicted octanol–water partition coefficient (Wildman–Crippen LogP) is 0.512. The molecule has 0 radical (unpaired) electrons. The molecule has 0 atom stereocenters. The molecule has 7 nitrogen and oxygen atoms in total. The molecule has 1 aromatic rings. The van der Waals surface area contributed by atoms with Crippen LogP contribution < -0.4 is 0 Å². The maximum absolute atomic E-state index is 12.1. The van der Waals surface area contributed by atoms with Crippen LogP contribution in [0.1, 0.15) is 30.6 Å². The minimum absolute atomic E-state index is 0.0400. The highest BCUT2D eigenvalue weighted by Gasteiger charge is 2.49. The van der Waals surface area contributed by atoms with Crippen molar-refractivity contribution in [2.75, 3.05) is 13.2 Å². The van der Waals surface area contributed by atoms with Crippen molar-refractivity contribution >= 4 is 17.7 Å². The van der Waals surface area contributed by atoms with E-state index >= 15 is 0 Å². The lowest BCUT2D eigenvalue weighted by molar-refractivity contribution is -0.182. The van der Waals surface area contributed by atoms with Gasteiger partial charge in [0.05, 0.1) is 19.6 Å². The molecular weight excluding hydrogens is 278 g/mol. The first kappa shape index (κ1) is 16.8. The SMILES string of the molecule is CCOC(=O)C(O)(CC(=O)c1cccnc1)C(=O)OCC. The third kappa shape index (κ3) is 4.09. The molecule has 0 spiro atoms. The molecule has 0 aliphatic heterocycles. The zero-order valence-electron chi connectivity index (χ0n) is 11.9. The fraction of sp³-hybridized carbons (Fsp3) is 0.429. The van der Waals surface area contributed by atoms with Crippen LogP contribution in [0.3, 0.4) is 0 Å². The van der Waals surface area contributed by atoms with Crippen molar-refractivity contribution in [3.63, 3.8) is 0 Å². The second-order valence-electron chi connectivity index (χ2n) is 4.14. The van der Waals surface area contributed by atoms with Crippen LogP contribution in [0.15, 0.2) is 24.5 Å². The number of aliphatic hydroxyl groups is 1. The number of nitrogens with zero attached hydrogens (tertiary/aromatic N) is 1. The number of ketones is 1. The lowest BCUT2D eigenvalue weighted by Gasteiger charge is -2.22. The molecule has 0 unspecified atom stereocenters. The number of rotatable bonds is 7. The van der Waals surface area contributed by atoms with Gasteiger partial charge < -0.3 is 14.6 Å². The summed E-state index contributed by atoms with van der Waals surface area (Å²) in [4.78, 5) is 39.4. The number of Topliss-reactive ketones (excluding diaryl/α,β-unsaturated/α-hetero) is 1. The fourth-order valence-electron chi connectivity index (χ4n) is 1.59. The topological polar surface area (TPSA) is 103 Å². The van der Waals surface area contributed by atoms with E-state index in [1.54, 1.807) is 0 Å². The lowest BCUT2D eigenvalue weighted by atomic mass is 9.94. The normalized spacial score (nSPS) is 10.8. The molecule has 7 heteroatoms. The van der Waals surface area contributed by atoms with Crippen LogP contribution in [-0.2, 0) is 19.1 Å². The minimum atomic E-state index is -2.65. The number of carbonyl (C=O) groups is 3. The molecule has 0 fully saturated rings. The number of pyridine rings is 1. The molecule has 0 amide bonds.